The van der Waals surface area contributed by atoms with Gasteiger partial charge in [-0.15, -0.1) is 0 Å². The Morgan fingerprint density at radius 2 is 0.343 bits per heavy atom. The fourth-order valence-electron chi connectivity index (χ4n) is 9.01. The van der Waals surface area contributed by atoms with E-state index in [0.29, 0.717) is 0 Å². The summed E-state index contributed by atoms with van der Waals surface area (Å²) in [6.07, 6.45) is 9.14. The van der Waals surface area contributed by atoms with Crippen molar-refractivity contribution in [2.75, 3.05) is 18.5 Å². The summed E-state index contributed by atoms with van der Waals surface area (Å²) in [5, 5.41) is 37.9. The minimum Gasteiger partial charge on any atom is -0.907 e. The van der Waals surface area contributed by atoms with Gasteiger partial charge in [0, 0.05) is 0 Å². The molecule has 0 aliphatic rings. The highest BCUT2D eigenvalue weighted by Crippen LogP contribution is 2.57. The maximum Gasteiger partial charge on any atom is 0.115 e. The molecule has 348 valence electrons. The van der Waals surface area contributed by atoms with Gasteiger partial charge in [0.05, 0.1) is 18.5 Å². The van der Waals surface area contributed by atoms with Crippen LogP contribution in [-0.2, 0) is 0 Å². The highest BCUT2D eigenvalue weighted by molar-refractivity contribution is 7.96. The van der Waals surface area contributed by atoms with Crippen molar-refractivity contribution in [3.8, 4) is 0 Å². The number of benzene rings is 9. The monoisotopic (exact) mass is 968 g/mol. The first-order chi connectivity index (χ1) is 34.4. The molecule has 0 spiro atoms. The van der Waals surface area contributed by atoms with E-state index in [2.05, 4.69) is 311 Å². The Kier molecular flexibility index (Phi) is 20.8. The second kappa shape index (κ2) is 27.6. The zero-order valence-corrected chi connectivity index (χ0v) is 42.3. The molecule has 0 atom stereocenters. The topological polar surface area (TPSA) is 69.2 Å². The molecule has 0 aliphatic heterocycles. The summed E-state index contributed by atoms with van der Waals surface area (Å²) in [7, 11) is -7.93. The quantitative estimate of drug-likeness (QED) is 0.0588. The van der Waals surface area contributed by atoms with Crippen LogP contribution in [0.2, 0.25) is 0 Å². The van der Waals surface area contributed by atoms with Crippen molar-refractivity contribution in [2.45, 2.75) is 0 Å². The molecule has 0 saturated carbocycles. The van der Waals surface area contributed by atoms with Crippen LogP contribution in [0.15, 0.2) is 311 Å². The van der Waals surface area contributed by atoms with Crippen LogP contribution in [0.5, 0.6) is 0 Å². The molecule has 0 radical (unpaired) electrons. The molecular weight excluding hydrogens is 908 g/mol. The van der Waals surface area contributed by atoms with Gasteiger partial charge < -0.3 is 15.1 Å². The number of hydrogen-bond acceptors (Lipinski definition) is 3. The molecule has 3 nitrogen and oxygen atoms in total. The Balaban J connectivity index is 0.000000166. The Morgan fingerprint density at radius 3 is 0.429 bits per heavy atom. The van der Waals surface area contributed by atoms with E-state index in [1.54, 1.807) is 0 Å². The van der Waals surface area contributed by atoms with Crippen molar-refractivity contribution in [3.63, 3.8) is 0 Å². The van der Waals surface area contributed by atoms with Crippen LogP contribution in [0.4, 0.5) is 0 Å². The molecule has 9 aromatic rings. The lowest BCUT2D eigenvalue weighted by Crippen LogP contribution is -2.56. The van der Waals surface area contributed by atoms with Crippen molar-refractivity contribution < 1.29 is 15.1 Å². The molecule has 0 aromatic heterocycles. The Hall–Kier alpha value is -6.57. The fourth-order valence-corrected chi connectivity index (χ4v) is 20.9. The summed E-state index contributed by atoms with van der Waals surface area (Å²) in [6.45, 7) is 12.1. The first kappa shape index (κ1) is 52.8. The van der Waals surface area contributed by atoms with Gasteiger partial charge in [-0.2, -0.15) is 0 Å². The van der Waals surface area contributed by atoms with Gasteiger partial charge in [0.2, 0.25) is 0 Å². The summed E-state index contributed by atoms with van der Waals surface area (Å²) < 4.78 is 0. The van der Waals surface area contributed by atoms with Gasteiger partial charge >= 0.3 is 0 Å². The highest BCUT2D eigenvalue weighted by Gasteiger charge is 2.46. The summed E-state index contributed by atoms with van der Waals surface area (Å²) >= 11 is 0. The van der Waals surface area contributed by atoms with E-state index < -0.39 is 29.1 Å². The number of hydrogen-bond donors (Lipinski definition) is 0. The van der Waals surface area contributed by atoms with Crippen LogP contribution < -0.4 is 62.8 Å². The zero-order chi connectivity index (χ0) is 49.3. The van der Waals surface area contributed by atoms with E-state index in [1.165, 1.54) is 47.7 Å². The maximum absolute atomic E-state index is 8.42. The molecule has 0 amide bonds. The summed E-state index contributed by atoms with van der Waals surface area (Å²) in [5.41, 5.74) is 0. The Labute approximate surface area is 419 Å². The molecule has 70 heavy (non-hydrogen) atoms. The predicted molar refractivity (Wildman–Crippen MR) is 306 cm³/mol. The van der Waals surface area contributed by atoms with Crippen molar-refractivity contribution in [1.82, 2.24) is 0 Å². The molecule has 0 aliphatic carbocycles. The maximum atomic E-state index is 8.42. The van der Waals surface area contributed by atoms with E-state index in [-0.39, 0.29) is 0 Å². The predicted octanol–water partition coefficient (Wildman–Crippen LogP) is 8.55. The zero-order valence-electron chi connectivity index (χ0n) is 39.6. The van der Waals surface area contributed by atoms with Gasteiger partial charge in [0.1, 0.15) is 69.5 Å². The van der Waals surface area contributed by atoms with Crippen molar-refractivity contribution in [1.29, 1.82) is 0 Å². The minimum atomic E-state index is -2.92. The van der Waals surface area contributed by atoms with Gasteiger partial charge in [0.15, 0.2) is 0 Å². The van der Waals surface area contributed by atoms with E-state index in [1.807, 2.05) is 0 Å². The lowest BCUT2D eigenvalue weighted by molar-refractivity contribution is -0.479. The first-order valence-electron chi connectivity index (χ1n) is 23.3. The lowest BCUT2D eigenvalue weighted by Gasteiger charge is -2.35. The second-order valence-electron chi connectivity index (χ2n) is 16.2. The van der Waals surface area contributed by atoms with Crippen LogP contribution >= 0.6 is 21.8 Å². The third-order valence-corrected chi connectivity index (χ3v) is 25.0. The van der Waals surface area contributed by atoms with Gasteiger partial charge in [-0.25, -0.2) is 0 Å². The molecule has 9 rings (SSSR count). The SMILES string of the molecule is C=CC[P+](c1ccccc1)(c1ccccc1)c1ccccc1.C=CC[P+](c1ccccc1)(c1ccccc1)c1ccccc1.C=CC[P+](c1ccccc1)(c1ccccc1)c1ccccc1.[O-]B([O-])[O-]. The molecule has 0 unspecified atom stereocenters. The van der Waals surface area contributed by atoms with E-state index in [4.69, 9.17) is 15.1 Å². The van der Waals surface area contributed by atoms with E-state index in [0.717, 1.165) is 18.5 Å². The minimum absolute atomic E-state index is 0.977. The molecule has 9 aromatic carbocycles. The fraction of sp³-hybridized carbons (Fsp3) is 0.0476. The van der Waals surface area contributed by atoms with Crippen LogP contribution in [0.1, 0.15) is 0 Å². The summed E-state index contributed by atoms with van der Waals surface area (Å²) in [4.78, 5) is 0. The van der Waals surface area contributed by atoms with Crippen LogP contribution in [0.3, 0.4) is 0 Å². The molecule has 7 heteroatoms. The number of allylic oxidation sites excluding steroid dienone is 3. The van der Waals surface area contributed by atoms with Crippen molar-refractivity contribution >= 4 is 76.8 Å². The Morgan fingerprint density at radius 1 is 0.243 bits per heavy atom. The molecule has 0 heterocycles. The van der Waals surface area contributed by atoms with Crippen LogP contribution in [0.25, 0.3) is 0 Å². The van der Waals surface area contributed by atoms with Crippen molar-refractivity contribution in [2.24, 2.45) is 0 Å². The molecule has 0 fully saturated rings. The van der Waals surface area contributed by atoms with Gasteiger partial charge in [-0.3, -0.25) is 7.32 Å². The average molecular weight is 969 g/mol. The van der Waals surface area contributed by atoms with Gasteiger partial charge in [0.25, 0.3) is 0 Å². The van der Waals surface area contributed by atoms with E-state index >= 15 is 0 Å². The Bertz CT molecular complexity index is 2250. The average Bonchev–Trinajstić information content (AvgIpc) is 3.43. The molecule has 0 saturated heterocycles. The summed E-state index contributed by atoms with van der Waals surface area (Å²) in [6, 6.07) is 98.0. The molecule has 0 bridgehead atoms. The number of rotatable bonds is 15. The highest BCUT2D eigenvalue weighted by atomic mass is 31.2. The van der Waals surface area contributed by atoms with E-state index in [9.17, 15) is 0 Å². The van der Waals surface area contributed by atoms with Gasteiger partial charge in [-0.05, 0) is 109 Å². The molecule has 0 N–H and O–H groups in total. The largest absolute Gasteiger partial charge is 0.907 e. The smallest absolute Gasteiger partial charge is 0.115 e. The third-order valence-electron chi connectivity index (χ3n) is 12.0. The lowest BCUT2D eigenvalue weighted by atomic mass is 10.3. The molecular formula is C63H60BO3P3. The standard InChI is InChI=1S/3C21H20P.BO3/c3*1-2-18-22(19-12-6-3-7-13-19,20-14-8-4-9-15-20)21-16-10-5-11-17-21;2-1(3)4/h3*2-17H,1,18H2;/q3*+1;-3. The summed E-state index contributed by atoms with van der Waals surface area (Å²) in [5.74, 6) is 0. The normalized spacial score (nSPS) is 10.8. The van der Waals surface area contributed by atoms with Crippen LogP contribution in [0, 0.1) is 0 Å². The van der Waals surface area contributed by atoms with Crippen LogP contribution in [-0.4, -0.2) is 25.8 Å². The first-order valence-corrected chi connectivity index (χ1v) is 29.2. The van der Waals surface area contributed by atoms with Crippen molar-refractivity contribution in [3.05, 3.63) is 311 Å². The second-order valence-corrected chi connectivity index (χ2v) is 26.8. The van der Waals surface area contributed by atoms with Gasteiger partial charge in [-0.1, -0.05) is 202 Å². The third kappa shape index (κ3) is 13.0.